The molecule has 0 radical (unpaired) electrons. The molecule has 0 aliphatic carbocycles. The molecule has 162 valence electrons. The number of hydrogen-bond donors (Lipinski definition) is 3. The summed E-state index contributed by atoms with van der Waals surface area (Å²) < 4.78 is 5.54. The Balaban J connectivity index is 2.01. The Morgan fingerprint density at radius 2 is 1.79 bits per heavy atom. The summed E-state index contributed by atoms with van der Waals surface area (Å²) in [5.41, 5.74) is 0. The Labute approximate surface area is 175 Å². The second kappa shape index (κ2) is 17.0. The van der Waals surface area contributed by atoms with Gasteiger partial charge in [0.25, 0.3) is 0 Å². The molecule has 5 heteroatoms. The molecule has 1 fully saturated rings. The molecule has 29 heavy (non-hydrogen) atoms. The fourth-order valence-corrected chi connectivity index (χ4v) is 2.62. The van der Waals surface area contributed by atoms with Gasteiger partial charge in [0, 0.05) is 13.0 Å². The Kier molecular flexibility index (Phi) is 14.7. The molecule has 1 aliphatic heterocycles. The molecule has 1 aliphatic rings. The van der Waals surface area contributed by atoms with E-state index in [9.17, 15) is 9.90 Å². The molecular weight excluding hydrogens is 366 g/mol. The lowest BCUT2D eigenvalue weighted by molar-refractivity contribution is -0.121. The minimum absolute atomic E-state index is 0.0243. The van der Waals surface area contributed by atoms with Crippen LogP contribution < -0.4 is 5.32 Å². The van der Waals surface area contributed by atoms with Crippen LogP contribution in [-0.4, -0.2) is 47.6 Å². The number of allylic oxidation sites excluding steroid dienone is 6. The summed E-state index contributed by atoms with van der Waals surface area (Å²) in [6.45, 7) is 2.41. The van der Waals surface area contributed by atoms with Gasteiger partial charge in [0.1, 0.15) is 6.10 Å². The van der Waals surface area contributed by atoms with E-state index in [0.717, 1.165) is 25.7 Å². The minimum atomic E-state index is -0.469. The maximum Gasteiger partial charge on any atom is 0.220 e. The summed E-state index contributed by atoms with van der Waals surface area (Å²) in [6.07, 6.45) is 25.7. The number of aliphatic hydroxyl groups is 2. The Bertz CT molecular complexity index is 577. The molecule has 1 rings (SSSR count). The highest BCUT2D eigenvalue weighted by atomic mass is 16.6. The average molecular weight is 404 g/mol. The van der Waals surface area contributed by atoms with Gasteiger partial charge in [-0.25, -0.2) is 0 Å². The number of nitrogens with one attached hydrogen (secondary N) is 1. The number of epoxide rings is 1. The molecule has 0 spiro atoms. The van der Waals surface area contributed by atoms with Crippen LogP contribution in [-0.2, 0) is 9.53 Å². The van der Waals surface area contributed by atoms with E-state index in [1.807, 2.05) is 30.4 Å². The zero-order valence-corrected chi connectivity index (χ0v) is 17.6. The van der Waals surface area contributed by atoms with Crippen LogP contribution in [0.2, 0.25) is 0 Å². The van der Waals surface area contributed by atoms with E-state index in [-0.39, 0.29) is 24.7 Å². The van der Waals surface area contributed by atoms with Crippen LogP contribution in [0.15, 0.2) is 60.8 Å². The Morgan fingerprint density at radius 1 is 1.07 bits per heavy atom. The Morgan fingerprint density at radius 3 is 2.52 bits per heavy atom. The molecule has 1 heterocycles. The highest BCUT2D eigenvalue weighted by Gasteiger charge is 2.34. The third-order valence-electron chi connectivity index (χ3n) is 4.31. The SMILES string of the molecule is CC/C=C\CC1OC1/C=C/[C@H](O)C/C=C\C/C=C\C/C=C\CCC(=O)NCCO. The van der Waals surface area contributed by atoms with Gasteiger partial charge in [-0.15, -0.1) is 0 Å². The molecule has 0 bridgehead atoms. The van der Waals surface area contributed by atoms with Crippen LogP contribution in [0, 0.1) is 0 Å². The standard InChI is InChI=1S/C24H37NO4/c1-2-3-11-15-22-23(29-22)18-17-21(27)14-12-9-7-5-4-6-8-10-13-16-24(28)25-19-20-26/h3-5,8-12,17-18,21-23,26-27H,2,6-7,13-16,19-20H2,1H3,(H,25,28)/b5-4-,10-8-,11-3-,12-9-,18-17+/t21-,22?,23?/m1/s1. The fraction of sp³-hybridized carbons (Fsp3) is 0.542. The minimum Gasteiger partial charge on any atom is -0.395 e. The lowest BCUT2D eigenvalue weighted by atomic mass is 10.1. The molecule has 0 aromatic rings. The predicted octanol–water partition coefficient (Wildman–Crippen LogP) is 3.75. The van der Waals surface area contributed by atoms with Crippen molar-refractivity contribution in [1.82, 2.24) is 5.32 Å². The van der Waals surface area contributed by atoms with Gasteiger partial charge in [0.05, 0.1) is 18.8 Å². The van der Waals surface area contributed by atoms with Crippen molar-refractivity contribution in [1.29, 1.82) is 0 Å². The first-order valence-electron chi connectivity index (χ1n) is 10.7. The number of rotatable bonds is 16. The number of carbonyl (C=O) groups excluding carboxylic acids is 1. The number of hydrogen-bond acceptors (Lipinski definition) is 4. The zero-order chi connectivity index (χ0) is 21.2. The van der Waals surface area contributed by atoms with Crippen LogP contribution in [0.3, 0.4) is 0 Å². The highest BCUT2D eigenvalue weighted by Crippen LogP contribution is 2.27. The molecule has 2 unspecified atom stereocenters. The highest BCUT2D eigenvalue weighted by molar-refractivity contribution is 5.75. The maximum atomic E-state index is 11.3. The average Bonchev–Trinajstić information content (AvgIpc) is 3.47. The van der Waals surface area contributed by atoms with E-state index in [1.54, 1.807) is 0 Å². The molecule has 3 atom stereocenters. The Hall–Kier alpha value is -1.95. The monoisotopic (exact) mass is 403 g/mol. The van der Waals surface area contributed by atoms with Crippen LogP contribution in [0.4, 0.5) is 0 Å². The van der Waals surface area contributed by atoms with E-state index < -0.39 is 6.10 Å². The van der Waals surface area contributed by atoms with Gasteiger partial charge in [-0.3, -0.25) is 4.79 Å². The van der Waals surface area contributed by atoms with Crippen molar-refractivity contribution in [2.24, 2.45) is 0 Å². The van der Waals surface area contributed by atoms with Crippen molar-refractivity contribution in [3.8, 4) is 0 Å². The van der Waals surface area contributed by atoms with Gasteiger partial charge in [-0.05, 0) is 38.5 Å². The van der Waals surface area contributed by atoms with Gasteiger partial charge < -0.3 is 20.3 Å². The summed E-state index contributed by atoms with van der Waals surface area (Å²) in [5.74, 6) is -0.0324. The largest absolute Gasteiger partial charge is 0.395 e. The van der Waals surface area contributed by atoms with Crippen LogP contribution in [0.1, 0.15) is 51.9 Å². The third-order valence-corrected chi connectivity index (χ3v) is 4.31. The predicted molar refractivity (Wildman–Crippen MR) is 118 cm³/mol. The van der Waals surface area contributed by atoms with E-state index in [2.05, 4.69) is 42.6 Å². The van der Waals surface area contributed by atoms with Gasteiger partial charge in [0.2, 0.25) is 5.91 Å². The smallest absolute Gasteiger partial charge is 0.220 e. The lowest BCUT2D eigenvalue weighted by Crippen LogP contribution is -2.25. The van der Waals surface area contributed by atoms with Crippen molar-refractivity contribution >= 4 is 5.91 Å². The van der Waals surface area contributed by atoms with Crippen molar-refractivity contribution in [2.45, 2.75) is 70.2 Å². The zero-order valence-electron chi connectivity index (χ0n) is 17.6. The van der Waals surface area contributed by atoms with Crippen molar-refractivity contribution in [2.75, 3.05) is 13.2 Å². The molecule has 5 nitrogen and oxygen atoms in total. The summed E-state index contributed by atoms with van der Waals surface area (Å²) in [7, 11) is 0. The number of carbonyl (C=O) groups is 1. The first-order chi connectivity index (χ1) is 14.2. The van der Waals surface area contributed by atoms with E-state index >= 15 is 0 Å². The molecule has 1 amide bonds. The molecule has 0 aromatic carbocycles. The third kappa shape index (κ3) is 14.7. The molecule has 3 N–H and O–H groups in total. The van der Waals surface area contributed by atoms with Crippen molar-refractivity contribution in [3.63, 3.8) is 0 Å². The van der Waals surface area contributed by atoms with E-state index in [0.29, 0.717) is 25.8 Å². The van der Waals surface area contributed by atoms with Crippen LogP contribution in [0.5, 0.6) is 0 Å². The first kappa shape index (κ1) is 25.1. The second-order valence-electron chi connectivity index (χ2n) is 6.94. The van der Waals surface area contributed by atoms with Gasteiger partial charge >= 0.3 is 0 Å². The maximum absolute atomic E-state index is 11.3. The van der Waals surface area contributed by atoms with Gasteiger partial charge in [0.15, 0.2) is 0 Å². The molecule has 0 saturated carbocycles. The molecule has 0 aromatic heterocycles. The van der Waals surface area contributed by atoms with Crippen LogP contribution >= 0.6 is 0 Å². The van der Waals surface area contributed by atoms with Gasteiger partial charge in [-0.1, -0.05) is 67.7 Å². The van der Waals surface area contributed by atoms with Crippen LogP contribution in [0.25, 0.3) is 0 Å². The van der Waals surface area contributed by atoms with Crippen molar-refractivity contribution < 1.29 is 19.7 Å². The summed E-state index contributed by atoms with van der Waals surface area (Å²) in [6, 6.07) is 0. The number of amides is 1. The molecular formula is C24H37NO4. The quantitative estimate of drug-likeness (QED) is 0.271. The summed E-state index contributed by atoms with van der Waals surface area (Å²) in [4.78, 5) is 11.3. The van der Waals surface area contributed by atoms with E-state index in [4.69, 9.17) is 9.84 Å². The summed E-state index contributed by atoms with van der Waals surface area (Å²) >= 11 is 0. The van der Waals surface area contributed by atoms with E-state index in [1.165, 1.54) is 0 Å². The number of aliphatic hydroxyl groups excluding tert-OH is 2. The van der Waals surface area contributed by atoms with Gasteiger partial charge in [-0.2, -0.15) is 0 Å². The second-order valence-corrected chi connectivity index (χ2v) is 6.94. The first-order valence-corrected chi connectivity index (χ1v) is 10.7. The summed E-state index contributed by atoms with van der Waals surface area (Å²) in [5, 5.41) is 21.2. The topological polar surface area (TPSA) is 82.1 Å². The lowest BCUT2D eigenvalue weighted by Gasteiger charge is -1.99. The molecule has 1 saturated heterocycles. The fourth-order valence-electron chi connectivity index (χ4n) is 2.62. The normalized spacial score (nSPS) is 20.7. The number of ether oxygens (including phenoxy) is 1. The van der Waals surface area contributed by atoms with Crippen molar-refractivity contribution in [3.05, 3.63) is 60.8 Å².